The summed E-state index contributed by atoms with van der Waals surface area (Å²) in [6.07, 6.45) is 0. The van der Waals surface area contributed by atoms with E-state index >= 15 is 0 Å². The van der Waals surface area contributed by atoms with Crippen molar-refractivity contribution < 1.29 is 9.15 Å². The molecule has 0 fully saturated rings. The third kappa shape index (κ3) is 4.44. The van der Waals surface area contributed by atoms with Gasteiger partial charge in [0.1, 0.15) is 22.7 Å². The van der Waals surface area contributed by atoms with Gasteiger partial charge >= 0.3 is 0 Å². The van der Waals surface area contributed by atoms with Crippen LogP contribution in [-0.2, 0) is 5.41 Å². The van der Waals surface area contributed by atoms with Gasteiger partial charge < -0.3 is 14.1 Å². The van der Waals surface area contributed by atoms with Gasteiger partial charge in [-0.25, -0.2) is 0 Å². The highest BCUT2D eigenvalue weighted by Gasteiger charge is 2.52. The van der Waals surface area contributed by atoms with Crippen LogP contribution in [0.3, 0.4) is 0 Å². The van der Waals surface area contributed by atoms with E-state index in [1.54, 1.807) is 0 Å². The Balaban J connectivity index is 1.20. The molecule has 13 rings (SSSR count). The molecule has 2 aliphatic rings. The summed E-state index contributed by atoms with van der Waals surface area (Å²) in [7, 11) is 0. The van der Waals surface area contributed by atoms with Crippen LogP contribution in [0.5, 0.6) is 11.5 Å². The van der Waals surface area contributed by atoms with Crippen molar-refractivity contribution in [1.29, 1.82) is 0 Å². The summed E-state index contributed by atoms with van der Waals surface area (Å²) in [5, 5.41) is 6.73. The third-order valence-corrected chi connectivity index (χ3v) is 12.9. The molecule has 1 aromatic heterocycles. The van der Waals surface area contributed by atoms with Crippen molar-refractivity contribution >= 4 is 60.5 Å². The second-order valence-electron chi connectivity index (χ2n) is 15.9. The van der Waals surface area contributed by atoms with Crippen LogP contribution >= 0.6 is 0 Å². The predicted octanol–water partition coefficient (Wildman–Crippen LogP) is 15.5. The Morgan fingerprint density at radius 3 is 1.80 bits per heavy atom. The van der Waals surface area contributed by atoms with E-state index in [4.69, 9.17) is 9.15 Å². The zero-order valence-electron chi connectivity index (χ0n) is 32.5. The first-order valence-electron chi connectivity index (χ1n) is 20.6. The van der Waals surface area contributed by atoms with Crippen LogP contribution in [0.1, 0.15) is 22.3 Å². The van der Waals surface area contributed by atoms with Crippen molar-refractivity contribution in [2.24, 2.45) is 0 Å². The van der Waals surface area contributed by atoms with Crippen molar-refractivity contribution in [1.82, 2.24) is 0 Å². The molecular weight excluding hydrogens is 731 g/mol. The molecule has 0 saturated heterocycles. The Hall–Kier alpha value is -7.88. The topological polar surface area (TPSA) is 25.6 Å². The fraction of sp³-hybridized carbons (Fsp3) is 0.0175. The highest BCUT2D eigenvalue weighted by Crippen LogP contribution is 2.64. The number of nitrogens with zero attached hydrogens (tertiary/aromatic N) is 1. The minimum atomic E-state index is -0.612. The number of rotatable bonds is 4. The van der Waals surface area contributed by atoms with Gasteiger partial charge in [0.05, 0.1) is 27.9 Å². The Bertz CT molecular complexity index is 3500. The molecule has 60 heavy (non-hydrogen) atoms. The van der Waals surface area contributed by atoms with E-state index in [0.717, 1.165) is 77.8 Å². The Kier molecular flexibility index (Phi) is 6.93. The van der Waals surface area contributed by atoms with E-state index in [-0.39, 0.29) is 0 Å². The van der Waals surface area contributed by atoms with Gasteiger partial charge in [-0.15, -0.1) is 0 Å². The number of fused-ring (bicyclic) bond motifs is 15. The summed E-state index contributed by atoms with van der Waals surface area (Å²) in [5.41, 5.74) is 13.9. The van der Waals surface area contributed by atoms with Gasteiger partial charge in [-0.1, -0.05) is 176 Å². The van der Waals surface area contributed by atoms with Crippen molar-refractivity contribution in [3.05, 3.63) is 235 Å². The molecule has 10 aromatic carbocycles. The van der Waals surface area contributed by atoms with E-state index in [1.807, 2.05) is 0 Å². The number of benzene rings is 10. The molecule has 0 atom stereocenters. The van der Waals surface area contributed by atoms with Crippen LogP contribution in [0.25, 0.3) is 65.7 Å². The number of ether oxygens (including phenoxy) is 1. The molecule has 3 heteroatoms. The lowest BCUT2D eigenvalue weighted by molar-refractivity contribution is 0.436. The number of hydrogen-bond donors (Lipinski definition) is 0. The van der Waals surface area contributed by atoms with E-state index in [2.05, 4.69) is 217 Å². The Morgan fingerprint density at radius 2 is 1.00 bits per heavy atom. The number of hydrogen-bond acceptors (Lipinski definition) is 3. The molecule has 0 bridgehead atoms. The smallest absolute Gasteiger partial charge is 0.145 e. The molecule has 0 radical (unpaired) electrons. The average molecular weight is 766 g/mol. The van der Waals surface area contributed by atoms with Crippen molar-refractivity contribution in [2.45, 2.75) is 5.41 Å². The second kappa shape index (κ2) is 12.6. The molecule has 3 nitrogen and oxygen atoms in total. The molecule has 0 N–H and O–H groups in total. The van der Waals surface area contributed by atoms with Crippen molar-refractivity contribution in [3.8, 4) is 33.8 Å². The van der Waals surface area contributed by atoms with Gasteiger partial charge in [-0.3, -0.25) is 0 Å². The fourth-order valence-electron chi connectivity index (χ4n) is 10.5. The number of para-hydroxylation sites is 3. The largest absolute Gasteiger partial charge is 0.457 e. The van der Waals surface area contributed by atoms with Gasteiger partial charge in [0.15, 0.2) is 0 Å². The first-order chi connectivity index (χ1) is 29.8. The summed E-state index contributed by atoms with van der Waals surface area (Å²) in [4.78, 5) is 2.53. The van der Waals surface area contributed by atoms with Crippen LogP contribution in [0, 0.1) is 0 Å². The van der Waals surface area contributed by atoms with E-state index in [1.165, 1.54) is 38.8 Å². The van der Waals surface area contributed by atoms with Crippen LogP contribution < -0.4 is 9.64 Å². The average Bonchev–Trinajstić information content (AvgIpc) is 3.85. The summed E-state index contributed by atoms with van der Waals surface area (Å²) in [6, 6.07) is 76.7. The summed E-state index contributed by atoms with van der Waals surface area (Å²) in [6.45, 7) is 0. The van der Waals surface area contributed by atoms with Crippen molar-refractivity contribution in [2.75, 3.05) is 4.90 Å². The molecule has 0 unspecified atom stereocenters. The molecule has 1 spiro atoms. The Labute approximate surface area is 347 Å². The third-order valence-electron chi connectivity index (χ3n) is 12.9. The normalized spacial score (nSPS) is 13.3. The molecule has 2 heterocycles. The molecule has 1 aliphatic carbocycles. The standard InChI is InChI=1S/C57H35NO2/c1-2-17-36(18-3-1)38-33-34-48(41-22-7-6-21-40(38)41)58(50-35-37-19-4-5-20-39(37)56-55(50)43-24-9-13-30-51(43)60-56)49-29-16-28-47-54(49)42-23-8-10-25-44(42)57(47)45-26-11-14-31-52(45)59-53-32-15-12-27-46(53)57/h1-35H. The van der Waals surface area contributed by atoms with Gasteiger partial charge in [-0.2, -0.15) is 0 Å². The van der Waals surface area contributed by atoms with Gasteiger partial charge in [0.25, 0.3) is 0 Å². The fourth-order valence-corrected chi connectivity index (χ4v) is 10.5. The second-order valence-corrected chi connectivity index (χ2v) is 15.9. The van der Waals surface area contributed by atoms with Gasteiger partial charge in [0, 0.05) is 32.8 Å². The number of anilines is 3. The zero-order valence-corrected chi connectivity index (χ0v) is 32.5. The first-order valence-corrected chi connectivity index (χ1v) is 20.6. The Morgan fingerprint density at radius 1 is 0.383 bits per heavy atom. The van der Waals surface area contributed by atoms with Crippen LogP contribution in [0.15, 0.2) is 217 Å². The van der Waals surface area contributed by atoms with Crippen LogP contribution in [0.2, 0.25) is 0 Å². The lowest BCUT2D eigenvalue weighted by Crippen LogP contribution is -2.32. The van der Waals surface area contributed by atoms with Gasteiger partial charge in [-0.05, 0) is 75.0 Å². The van der Waals surface area contributed by atoms with E-state index in [9.17, 15) is 0 Å². The predicted molar refractivity (Wildman–Crippen MR) is 246 cm³/mol. The first kappa shape index (κ1) is 33.1. The minimum absolute atomic E-state index is 0.612. The summed E-state index contributed by atoms with van der Waals surface area (Å²) in [5.74, 6) is 1.76. The number of furan rings is 1. The lowest BCUT2D eigenvalue weighted by Gasteiger charge is -2.39. The maximum Gasteiger partial charge on any atom is 0.145 e. The molecule has 1 aliphatic heterocycles. The summed E-state index contributed by atoms with van der Waals surface area (Å²) >= 11 is 0. The molecular formula is C57H35NO2. The van der Waals surface area contributed by atoms with Crippen molar-refractivity contribution in [3.63, 3.8) is 0 Å². The molecule has 280 valence electrons. The van der Waals surface area contributed by atoms with E-state index in [0.29, 0.717) is 0 Å². The molecule has 0 saturated carbocycles. The summed E-state index contributed by atoms with van der Waals surface area (Å²) < 4.78 is 13.6. The maximum atomic E-state index is 6.87. The minimum Gasteiger partial charge on any atom is -0.457 e. The van der Waals surface area contributed by atoms with Crippen LogP contribution in [0.4, 0.5) is 17.1 Å². The van der Waals surface area contributed by atoms with Crippen LogP contribution in [-0.4, -0.2) is 0 Å². The van der Waals surface area contributed by atoms with E-state index < -0.39 is 5.41 Å². The quantitative estimate of drug-likeness (QED) is 0.178. The SMILES string of the molecule is c1ccc(-c2ccc(N(c3cccc4c3-c3ccccc3C43c4ccccc4Oc4ccccc43)c3cc4ccccc4c4oc5ccccc5c34)c3ccccc23)cc1. The zero-order chi connectivity index (χ0) is 39.4. The van der Waals surface area contributed by atoms with Gasteiger partial charge in [0.2, 0.25) is 0 Å². The monoisotopic (exact) mass is 765 g/mol. The maximum absolute atomic E-state index is 6.87. The highest BCUT2D eigenvalue weighted by molar-refractivity contribution is 6.23. The molecule has 11 aromatic rings. The lowest BCUT2D eigenvalue weighted by atomic mass is 9.66. The molecule has 0 amide bonds. The highest BCUT2D eigenvalue weighted by atomic mass is 16.5.